The van der Waals surface area contributed by atoms with Gasteiger partial charge in [-0.2, -0.15) is 0 Å². The minimum atomic E-state index is -0.901. The third-order valence-corrected chi connectivity index (χ3v) is 6.72. The van der Waals surface area contributed by atoms with Crippen molar-refractivity contribution in [2.45, 2.75) is 32.9 Å². The Bertz CT molecular complexity index is 1390. The predicted octanol–water partition coefficient (Wildman–Crippen LogP) is 5.11. The number of rotatable bonds is 9. The second kappa shape index (κ2) is 11.1. The van der Waals surface area contributed by atoms with Crippen molar-refractivity contribution in [3.63, 3.8) is 0 Å². The largest absolute Gasteiger partial charge is 0.507 e. The molecule has 1 saturated heterocycles. The monoisotopic (exact) mass is 533 g/mol. The van der Waals surface area contributed by atoms with Gasteiger partial charge in [0.2, 0.25) is 0 Å². The molecule has 0 radical (unpaired) electrons. The summed E-state index contributed by atoms with van der Waals surface area (Å²) in [6.07, 6.45) is 2.38. The molecule has 204 valence electrons. The summed E-state index contributed by atoms with van der Waals surface area (Å²) in [5.74, 6) is 1.15. The van der Waals surface area contributed by atoms with Crippen molar-refractivity contribution in [3.05, 3.63) is 77.3 Å². The van der Waals surface area contributed by atoms with Gasteiger partial charge in [-0.15, -0.1) is 0 Å². The summed E-state index contributed by atoms with van der Waals surface area (Å²) in [5.41, 5.74) is 0.868. The van der Waals surface area contributed by atoms with Gasteiger partial charge in [0.1, 0.15) is 24.7 Å². The molecule has 9 nitrogen and oxygen atoms in total. The lowest BCUT2D eigenvalue weighted by atomic mass is 9.94. The number of hydrogen-bond donors (Lipinski definition) is 1. The third kappa shape index (κ3) is 5.30. The van der Waals surface area contributed by atoms with Gasteiger partial charge in [-0.3, -0.25) is 9.59 Å². The van der Waals surface area contributed by atoms with Gasteiger partial charge in [-0.25, -0.2) is 0 Å². The Morgan fingerprint density at radius 2 is 1.85 bits per heavy atom. The molecule has 5 rings (SSSR count). The van der Waals surface area contributed by atoms with Crippen LogP contribution in [0.3, 0.4) is 0 Å². The highest BCUT2D eigenvalue weighted by Gasteiger charge is 2.46. The van der Waals surface area contributed by atoms with E-state index in [1.807, 2.05) is 0 Å². The first kappa shape index (κ1) is 26.2. The van der Waals surface area contributed by atoms with Crippen molar-refractivity contribution < 1.29 is 38.1 Å². The van der Waals surface area contributed by atoms with E-state index >= 15 is 0 Å². The minimum absolute atomic E-state index is 0.0368. The molecule has 1 amide bonds. The highest BCUT2D eigenvalue weighted by Crippen LogP contribution is 2.43. The Hall–Kier alpha value is -4.40. The maximum Gasteiger partial charge on any atom is 0.296 e. The number of benzene rings is 2. The normalized spacial score (nSPS) is 18.1. The molecule has 1 aromatic heterocycles. The Morgan fingerprint density at radius 1 is 1.05 bits per heavy atom. The Morgan fingerprint density at radius 3 is 2.56 bits per heavy atom. The number of furan rings is 1. The molecule has 0 aliphatic carbocycles. The summed E-state index contributed by atoms with van der Waals surface area (Å²) in [6.45, 7) is 5.59. The van der Waals surface area contributed by atoms with Gasteiger partial charge in [-0.05, 0) is 60.4 Å². The first-order chi connectivity index (χ1) is 18.9. The van der Waals surface area contributed by atoms with Crippen molar-refractivity contribution >= 4 is 17.4 Å². The average molecular weight is 534 g/mol. The maximum absolute atomic E-state index is 13.4. The van der Waals surface area contributed by atoms with Crippen molar-refractivity contribution in [1.29, 1.82) is 0 Å². The van der Waals surface area contributed by atoms with Crippen LogP contribution in [0.15, 0.2) is 64.8 Å². The fourth-order valence-electron chi connectivity index (χ4n) is 4.68. The van der Waals surface area contributed by atoms with E-state index in [1.54, 1.807) is 48.5 Å². The van der Waals surface area contributed by atoms with Crippen LogP contribution in [0.2, 0.25) is 0 Å². The van der Waals surface area contributed by atoms with Gasteiger partial charge in [0.05, 0.1) is 38.1 Å². The minimum Gasteiger partial charge on any atom is -0.507 e. The van der Waals surface area contributed by atoms with Gasteiger partial charge in [-0.1, -0.05) is 19.9 Å². The molecule has 1 N–H and O–H groups in total. The number of carbonyl (C=O) groups excluding carboxylic acids is 2. The fraction of sp³-hybridized carbons (Fsp3) is 0.333. The number of Topliss-reactive ketones (excluding diaryl/α,β-unsaturated/α-hetero) is 1. The molecule has 0 saturated carbocycles. The topological polar surface area (TPSA) is 108 Å². The summed E-state index contributed by atoms with van der Waals surface area (Å²) in [7, 11) is 1.53. The van der Waals surface area contributed by atoms with Crippen LogP contribution in [0.25, 0.3) is 5.76 Å². The van der Waals surface area contributed by atoms with Crippen LogP contribution in [-0.4, -0.2) is 48.6 Å². The number of carbonyl (C=O) groups is 2. The van der Waals surface area contributed by atoms with E-state index in [2.05, 4.69) is 13.8 Å². The second-order valence-corrected chi connectivity index (χ2v) is 9.81. The predicted molar refractivity (Wildman–Crippen MR) is 142 cm³/mol. The van der Waals surface area contributed by atoms with E-state index < -0.39 is 17.7 Å². The Labute approximate surface area is 226 Å². The van der Waals surface area contributed by atoms with E-state index in [0.717, 1.165) is 6.42 Å². The molecule has 2 aliphatic rings. The zero-order valence-electron chi connectivity index (χ0n) is 22.1. The number of aliphatic hydroxyl groups is 1. The highest BCUT2D eigenvalue weighted by molar-refractivity contribution is 6.46. The van der Waals surface area contributed by atoms with Crippen LogP contribution < -0.4 is 18.9 Å². The number of methoxy groups -OCH3 is 1. The lowest BCUT2D eigenvalue weighted by Crippen LogP contribution is -2.29. The standard InChI is InChI=1S/C30H31NO8/c1-18(2)10-12-37-22-8-6-19(15-24(22)35-3)27-26(29(33)30(34)31(27)17-21-5-4-11-36-21)28(32)20-7-9-23-25(16-20)39-14-13-38-23/h4-9,11,15-16,18,27,32H,10,12-14,17H2,1-3H3. The Balaban J connectivity index is 1.58. The lowest BCUT2D eigenvalue weighted by molar-refractivity contribution is -0.140. The molecule has 3 aromatic rings. The van der Waals surface area contributed by atoms with Crippen LogP contribution in [0, 0.1) is 5.92 Å². The molecular weight excluding hydrogens is 502 g/mol. The van der Waals surface area contributed by atoms with E-state index in [0.29, 0.717) is 65.6 Å². The van der Waals surface area contributed by atoms with E-state index in [1.165, 1.54) is 18.3 Å². The molecule has 1 fully saturated rings. The highest BCUT2D eigenvalue weighted by atomic mass is 16.6. The van der Waals surface area contributed by atoms with Crippen LogP contribution in [-0.2, 0) is 16.1 Å². The van der Waals surface area contributed by atoms with E-state index in [9.17, 15) is 14.7 Å². The van der Waals surface area contributed by atoms with Gasteiger partial charge in [0.15, 0.2) is 23.0 Å². The number of amides is 1. The van der Waals surface area contributed by atoms with Gasteiger partial charge < -0.3 is 33.4 Å². The molecule has 2 aromatic carbocycles. The number of hydrogen-bond acceptors (Lipinski definition) is 8. The molecular formula is C30H31NO8. The lowest BCUT2D eigenvalue weighted by Gasteiger charge is -2.25. The summed E-state index contributed by atoms with van der Waals surface area (Å²) >= 11 is 0. The van der Waals surface area contributed by atoms with Crippen LogP contribution in [0.1, 0.15) is 43.2 Å². The SMILES string of the molecule is COc1cc(C2C(=C(O)c3ccc4c(c3)OCCO4)C(=O)C(=O)N2Cc2ccco2)ccc1OCCC(C)C. The molecule has 1 atom stereocenters. The quantitative estimate of drug-likeness (QED) is 0.230. The fourth-order valence-corrected chi connectivity index (χ4v) is 4.68. The zero-order valence-corrected chi connectivity index (χ0v) is 22.1. The summed E-state index contributed by atoms with van der Waals surface area (Å²) in [6, 6.07) is 12.7. The van der Waals surface area contributed by atoms with Crippen molar-refractivity contribution in [2.75, 3.05) is 26.9 Å². The summed E-state index contributed by atoms with van der Waals surface area (Å²) < 4.78 is 28.2. The summed E-state index contributed by atoms with van der Waals surface area (Å²) in [5, 5.41) is 11.4. The van der Waals surface area contributed by atoms with Crippen molar-refractivity contribution in [2.24, 2.45) is 5.92 Å². The first-order valence-electron chi connectivity index (χ1n) is 12.9. The first-order valence-corrected chi connectivity index (χ1v) is 12.9. The molecule has 3 heterocycles. The molecule has 0 spiro atoms. The molecule has 2 aliphatic heterocycles. The van der Waals surface area contributed by atoms with E-state index in [4.69, 9.17) is 23.4 Å². The number of ether oxygens (including phenoxy) is 4. The van der Waals surface area contributed by atoms with Crippen LogP contribution in [0.4, 0.5) is 0 Å². The second-order valence-electron chi connectivity index (χ2n) is 9.81. The number of aliphatic hydroxyl groups excluding tert-OH is 1. The molecule has 1 unspecified atom stereocenters. The number of ketones is 1. The summed E-state index contributed by atoms with van der Waals surface area (Å²) in [4.78, 5) is 28.1. The smallest absolute Gasteiger partial charge is 0.296 e. The number of likely N-dealkylation sites (tertiary alicyclic amines) is 1. The van der Waals surface area contributed by atoms with Gasteiger partial charge in [0, 0.05) is 5.56 Å². The van der Waals surface area contributed by atoms with Gasteiger partial charge in [0.25, 0.3) is 11.7 Å². The van der Waals surface area contributed by atoms with Gasteiger partial charge >= 0.3 is 0 Å². The van der Waals surface area contributed by atoms with Crippen LogP contribution in [0.5, 0.6) is 23.0 Å². The molecule has 0 bridgehead atoms. The molecule has 9 heteroatoms. The van der Waals surface area contributed by atoms with Crippen LogP contribution >= 0.6 is 0 Å². The van der Waals surface area contributed by atoms with Crippen molar-refractivity contribution in [3.8, 4) is 23.0 Å². The maximum atomic E-state index is 13.4. The number of fused-ring (bicyclic) bond motifs is 1. The zero-order chi connectivity index (χ0) is 27.5. The number of nitrogens with zero attached hydrogens (tertiary/aromatic N) is 1. The van der Waals surface area contributed by atoms with E-state index in [-0.39, 0.29) is 17.9 Å². The average Bonchev–Trinajstić information content (AvgIpc) is 3.55. The third-order valence-electron chi connectivity index (χ3n) is 6.72. The van der Waals surface area contributed by atoms with Crippen molar-refractivity contribution in [1.82, 2.24) is 4.90 Å². The molecule has 39 heavy (non-hydrogen) atoms. The Kier molecular flexibility index (Phi) is 7.49.